The van der Waals surface area contributed by atoms with Crippen molar-refractivity contribution in [3.63, 3.8) is 0 Å². The highest BCUT2D eigenvalue weighted by Gasteiger charge is 2.41. The van der Waals surface area contributed by atoms with E-state index in [0.717, 1.165) is 4.47 Å². The van der Waals surface area contributed by atoms with E-state index in [1.807, 2.05) is 0 Å². The van der Waals surface area contributed by atoms with Crippen molar-refractivity contribution >= 4 is 38.5 Å². The van der Waals surface area contributed by atoms with Gasteiger partial charge in [-0.25, -0.2) is 13.5 Å². The Bertz CT molecular complexity index is 1080. The molecular weight excluding hydrogens is 453 g/mol. The molecule has 0 aliphatic heterocycles. The maximum Gasteiger partial charge on any atom is 0.508 e. The first-order chi connectivity index (χ1) is 12.6. The normalized spacial score (nSPS) is 12.9. The molecular formula is C16H10BrF3N2O4S. The van der Waals surface area contributed by atoms with Crippen molar-refractivity contribution < 1.29 is 31.5 Å². The molecule has 1 atom stereocenters. The minimum absolute atomic E-state index is 0.0504. The summed E-state index contributed by atoms with van der Waals surface area (Å²) in [6.07, 6.45) is 1.35. The number of carbonyl (C=O) groups is 1. The molecule has 0 saturated carbocycles. The number of aromatic carboxylic acids is 1. The smallest absolute Gasteiger partial charge is 0.478 e. The van der Waals surface area contributed by atoms with E-state index in [1.54, 1.807) is 24.3 Å². The molecule has 3 rings (SSSR count). The molecule has 27 heavy (non-hydrogen) atoms. The van der Waals surface area contributed by atoms with E-state index < -0.39 is 33.9 Å². The van der Waals surface area contributed by atoms with Crippen LogP contribution in [-0.2, 0) is 11.1 Å². The van der Waals surface area contributed by atoms with Gasteiger partial charge >= 0.3 is 22.6 Å². The van der Waals surface area contributed by atoms with Gasteiger partial charge in [-0.05, 0) is 30.7 Å². The summed E-state index contributed by atoms with van der Waals surface area (Å²) in [6.45, 7) is 1.38. The summed E-state index contributed by atoms with van der Waals surface area (Å²) in [5, 5.41) is 13.6. The number of hydrogen-bond acceptors (Lipinski definition) is 4. The summed E-state index contributed by atoms with van der Waals surface area (Å²) >= 11 is -0.418. The van der Waals surface area contributed by atoms with Crippen LogP contribution in [0.1, 0.15) is 15.9 Å². The molecule has 11 heteroatoms. The SMILES string of the molecule is Cc1cn2nc(-c3cccc(Br)c3)cc2c(OS(=O)C(F)(F)F)c1C(=O)O. The van der Waals surface area contributed by atoms with Gasteiger partial charge in [-0.1, -0.05) is 28.1 Å². The molecule has 1 unspecified atom stereocenters. The fourth-order valence-electron chi connectivity index (χ4n) is 2.48. The summed E-state index contributed by atoms with van der Waals surface area (Å²) in [5.74, 6) is -2.17. The topological polar surface area (TPSA) is 80.9 Å². The zero-order valence-electron chi connectivity index (χ0n) is 13.5. The molecule has 1 N–H and O–H groups in total. The summed E-state index contributed by atoms with van der Waals surface area (Å²) < 4.78 is 56.0. The number of rotatable bonds is 4. The maximum atomic E-state index is 12.7. The molecule has 0 amide bonds. The zero-order valence-corrected chi connectivity index (χ0v) is 15.9. The van der Waals surface area contributed by atoms with Crippen LogP contribution in [0.2, 0.25) is 0 Å². The highest BCUT2D eigenvalue weighted by molar-refractivity contribution is 9.10. The standard InChI is InChI=1S/C16H10BrF3N2O4S/c1-8-7-22-12(6-11(21-22)9-3-2-4-10(17)5-9)14(13(8)15(23)24)26-27(25)16(18,19)20/h2-7H,1H3,(H,23,24). The van der Waals surface area contributed by atoms with Gasteiger partial charge in [-0.2, -0.15) is 18.3 Å². The third-order valence-corrected chi connectivity index (χ3v) is 4.78. The van der Waals surface area contributed by atoms with Gasteiger partial charge < -0.3 is 9.29 Å². The van der Waals surface area contributed by atoms with Crippen LogP contribution in [0.25, 0.3) is 16.8 Å². The Morgan fingerprint density at radius 2 is 2.04 bits per heavy atom. The van der Waals surface area contributed by atoms with Crippen LogP contribution < -0.4 is 4.18 Å². The van der Waals surface area contributed by atoms with Gasteiger partial charge in [-0.3, -0.25) is 0 Å². The number of hydrogen-bond donors (Lipinski definition) is 1. The first kappa shape index (κ1) is 19.4. The molecule has 142 valence electrons. The highest BCUT2D eigenvalue weighted by atomic mass is 79.9. The second kappa shape index (κ2) is 6.97. The molecule has 0 bridgehead atoms. The number of fused-ring (bicyclic) bond motifs is 1. The fraction of sp³-hybridized carbons (Fsp3) is 0.125. The van der Waals surface area contributed by atoms with E-state index in [2.05, 4.69) is 25.2 Å². The fourth-order valence-corrected chi connectivity index (χ4v) is 3.29. The van der Waals surface area contributed by atoms with Crippen molar-refractivity contribution in [2.75, 3.05) is 0 Å². The number of nitrogens with zero attached hydrogens (tertiary/aromatic N) is 2. The molecule has 0 spiro atoms. The lowest BCUT2D eigenvalue weighted by molar-refractivity contribution is -0.0437. The predicted molar refractivity (Wildman–Crippen MR) is 94.8 cm³/mol. The van der Waals surface area contributed by atoms with Gasteiger partial charge in [0, 0.05) is 16.2 Å². The largest absolute Gasteiger partial charge is 0.508 e. The Morgan fingerprint density at radius 1 is 1.33 bits per heavy atom. The van der Waals surface area contributed by atoms with Crippen molar-refractivity contribution in [2.24, 2.45) is 0 Å². The van der Waals surface area contributed by atoms with E-state index in [9.17, 15) is 27.3 Å². The van der Waals surface area contributed by atoms with Gasteiger partial charge in [0.15, 0.2) is 5.75 Å². The van der Waals surface area contributed by atoms with Crippen molar-refractivity contribution in [3.8, 4) is 17.0 Å². The van der Waals surface area contributed by atoms with Crippen LogP contribution in [0.3, 0.4) is 0 Å². The quantitative estimate of drug-likeness (QED) is 0.623. The van der Waals surface area contributed by atoms with Crippen molar-refractivity contribution in [3.05, 3.63) is 52.1 Å². The van der Waals surface area contributed by atoms with Gasteiger partial charge in [0.25, 0.3) is 0 Å². The molecule has 0 saturated heterocycles. The van der Waals surface area contributed by atoms with Gasteiger partial charge in [0.2, 0.25) is 0 Å². The average Bonchev–Trinajstić information content (AvgIpc) is 2.97. The Kier molecular flexibility index (Phi) is 5.00. The average molecular weight is 463 g/mol. The minimum Gasteiger partial charge on any atom is -0.478 e. The van der Waals surface area contributed by atoms with Crippen LogP contribution in [0.4, 0.5) is 13.2 Å². The molecule has 0 aliphatic carbocycles. The van der Waals surface area contributed by atoms with Crippen LogP contribution in [0.15, 0.2) is 41.0 Å². The Hall–Kier alpha value is -2.40. The number of halogens is 4. The molecule has 0 radical (unpaired) electrons. The molecule has 0 fully saturated rings. The van der Waals surface area contributed by atoms with E-state index >= 15 is 0 Å². The monoisotopic (exact) mass is 462 g/mol. The number of alkyl halides is 3. The van der Waals surface area contributed by atoms with Crippen molar-refractivity contribution in [1.82, 2.24) is 9.61 Å². The molecule has 6 nitrogen and oxygen atoms in total. The second-order valence-electron chi connectivity index (χ2n) is 5.45. The van der Waals surface area contributed by atoms with Crippen LogP contribution in [0, 0.1) is 6.92 Å². The lowest BCUT2D eigenvalue weighted by atomic mass is 10.1. The minimum atomic E-state index is -5.16. The molecule has 1 aromatic carbocycles. The number of pyridine rings is 1. The van der Waals surface area contributed by atoms with Crippen LogP contribution >= 0.6 is 15.9 Å². The van der Waals surface area contributed by atoms with E-state index in [0.29, 0.717) is 11.3 Å². The first-order valence-electron chi connectivity index (χ1n) is 7.27. The Morgan fingerprint density at radius 3 is 2.63 bits per heavy atom. The number of aryl methyl sites for hydroxylation is 1. The highest BCUT2D eigenvalue weighted by Crippen LogP contribution is 2.34. The molecule has 2 aromatic heterocycles. The summed E-state index contributed by atoms with van der Waals surface area (Å²) in [5.41, 5.74) is -4.60. The summed E-state index contributed by atoms with van der Waals surface area (Å²) in [6, 6.07) is 8.37. The predicted octanol–water partition coefficient (Wildman–Crippen LogP) is 4.33. The molecule has 3 aromatic rings. The first-order valence-corrected chi connectivity index (χ1v) is 9.14. The van der Waals surface area contributed by atoms with E-state index in [1.165, 1.54) is 23.7 Å². The zero-order chi connectivity index (χ0) is 19.9. The Labute approximate surface area is 161 Å². The number of carboxylic acids is 1. The van der Waals surface area contributed by atoms with Crippen molar-refractivity contribution in [1.29, 1.82) is 0 Å². The summed E-state index contributed by atoms with van der Waals surface area (Å²) in [7, 11) is 0. The van der Waals surface area contributed by atoms with Crippen LogP contribution in [0.5, 0.6) is 5.75 Å². The number of carboxylic acid groups (broad SMARTS) is 1. The van der Waals surface area contributed by atoms with Gasteiger partial charge in [0.1, 0.15) is 11.1 Å². The Balaban J connectivity index is 2.24. The van der Waals surface area contributed by atoms with E-state index in [4.69, 9.17) is 0 Å². The van der Waals surface area contributed by atoms with Crippen LogP contribution in [-0.4, -0.2) is 30.4 Å². The van der Waals surface area contributed by atoms with E-state index in [-0.39, 0.29) is 11.1 Å². The van der Waals surface area contributed by atoms with Gasteiger partial charge in [-0.15, -0.1) is 0 Å². The second-order valence-corrected chi connectivity index (χ2v) is 7.47. The van der Waals surface area contributed by atoms with Gasteiger partial charge in [0.05, 0.1) is 5.69 Å². The summed E-state index contributed by atoms with van der Waals surface area (Å²) in [4.78, 5) is 11.5. The number of benzene rings is 1. The molecule has 2 heterocycles. The lowest BCUT2D eigenvalue weighted by Crippen LogP contribution is -2.22. The molecule has 0 aliphatic rings. The number of aromatic nitrogens is 2. The maximum absolute atomic E-state index is 12.7. The third-order valence-electron chi connectivity index (χ3n) is 3.59. The lowest BCUT2D eigenvalue weighted by Gasteiger charge is -2.12. The third kappa shape index (κ3) is 3.83. The van der Waals surface area contributed by atoms with Crippen molar-refractivity contribution in [2.45, 2.75) is 12.4 Å².